The van der Waals surface area contributed by atoms with Crippen molar-refractivity contribution in [2.45, 2.75) is 0 Å². The Bertz CT molecular complexity index is 762. The first-order valence-electron chi connectivity index (χ1n) is 6.04. The maximum absolute atomic E-state index is 4.75. The van der Waals surface area contributed by atoms with E-state index in [1.807, 2.05) is 18.2 Å². The molecule has 0 saturated carbocycles. The van der Waals surface area contributed by atoms with Crippen molar-refractivity contribution >= 4 is 21.1 Å². The second-order valence-electron chi connectivity index (χ2n) is 4.31. The molecule has 2 aromatic carbocycles. The second-order valence-corrected chi connectivity index (χ2v) is 5.60. The SMILES string of the molecule is C=Cc1ccc2nc(-c3cccc[c]3[Ir])ccc2c1. The third-order valence-electron chi connectivity index (χ3n) is 3.08. The normalized spacial score (nSPS) is 10.6. The van der Waals surface area contributed by atoms with E-state index in [1.54, 1.807) is 0 Å². The van der Waals surface area contributed by atoms with Gasteiger partial charge in [0.2, 0.25) is 0 Å². The summed E-state index contributed by atoms with van der Waals surface area (Å²) in [6.45, 7) is 3.79. The van der Waals surface area contributed by atoms with Crippen LogP contribution in [-0.2, 0) is 18.9 Å². The van der Waals surface area contributed by atoms with Crippen molar-refractivity contribution in [1.29, 1.82) is 0 Å². The van der Waals surface area contributed by atoms with E-state index >= 15 is 0 Å². The van der Waals surface area contributed by atoms with Crippen LogP contribution < -0.4 is 4.08 Å². The maximum atomic E-state index is 4.75. The number of nitrogens with zero attached hydrogens (tertiary/aromatic N) is 1. The van der Waals surface area contributed by atoms with E-state index < -0.39 is 0 Å². The molecule has 1 nitrogen and oxygen atoms in total. The molecule has 0 aliphatic carbocycles. The summed E-state index contributed by atoms with van der Waals surface area (Å²) < 4.78 is 1.25. The van der Waals surface area contributed by atoms with Crippen LogP contribution in [0.2, 0.25) is 0 Å². The van der Waals surface area contributed by atoms with Crippen LogP contribution >= 0.6 is 0 Å². The topological polar surface area (TPSA) is 12.9 Å². The Balaban J connectivity index is 2.17. The zero-order valence-corrected chi connectivity index (χ0v) is 12.7. The van der Waals surface area contributed by atoms with Gasteiger partial charge in [0.1, 0.15) is 0 Å². The molecular formula is C17H12IrN. The average molecular weight is 423 g/mol. The number of aromatic nitrogens is 1. The van der Waals surface area contributed by atoms with Crippen molar-refractivity contribution in [3.63, 3.8) is 0 Å². The fourth-order valence-electron chi connectivity index (χ4n) is 2.08. The molecule has 19 heavy (non-hydrogen) atoms. The summed E-state index contributed by atoms with van der Waals surface area (Å²) in [5.74, 6) is 0. The van der Waals surface area contributed by atoms with E-state index in [0.717, 1.165) is 22.2 Å². The Morgan fingerprint density at radius 3 is 2.63 bits per heavy atom. The van der Waals surface area contributed by atoms with Gasteiger partial charge >= 0.3 is 123 Å². The number of benzene rings is 2. The number of hydrogen-bond donors (Lipinski definition) is 0. The van der Waals surface area contributed by atoms with Gasteiger partial charge in [-0.05, 0) is 0 Å². The molecule has 0 fully saturated rings. The molecule has 0 unspecified atom stereocenters. The van der Waals surface area contributed by atoms with Crippen LogP contribution in [0.15, 0.2) is 61.2 Å². The average Bonchev–Trinajstić information content (AvgIpc) is 2.46. The molecule has 0 saturated heterocycles. The number of rotatable bonds is 2. The summed E-state index contributed by atoms with van der Waals surface area (Å²) in [7, 11) is 0. The van der Waals surface area contributed by atoms with Crippen LogP contribution in [-0.4, -0.2) is 4.98 Å². The van der Waals surface area contributed by atoms with E-state index in [-0.39, 0.29) is 0 Å². The molecular weight excluding hydrogens is 410 g/mol. The Morgan fingerprint density at radius 1 is 1.00 bits per heavy atom. The van der Waals surface area contributed by atoms with E-state index in [4.69, 9.17) is 4.98 Å². The van der Waals surface area contributed by atoms with Gasteiger partial charge in [0, 0.05) is 0 Å². The first-order chi connectivity index (χ1) is 9.28. The molecule has 0 radical (unpaired) electrons. The summed E-state index contributed by atoms with van der Waals surface area (Å²) in [6.07, 6.45) is 1.86. The van der Waals surface area contributed by atoms with Gasteiger partial charge in [0.05, 0.1) is 0 Å². The predicted molar refractivity (Wildman–Crippen MR) is 76.9 cm³/mol. The summed E-state index contributed by atoms with van der Waals surface area (Å²) in [5, 5.41) is 1.15. The van der Waals surface area contributed by atoms with E-state index in [0.29, 0.717) is 0 Å². The molecule has 0 N–H and O–H groups in total. The third kappa shape index (κ3) is 2.37. The molecule has 2 heteroatoms. The van der Waals surface area contributed by atoms with E-state index in [9.17, 15) is 0 Å². The van der Waals surface area contributed by atoms with E-state index in [2.05, 4.69) is 67.9 Å². The minimum atomic E-state index is 1.02. The molecule has 0 atom stereocenters. The van der Waals surface area contributed by atoms with Crippen LogP contribution in [0.5, 0.6) is 0 Å². The Hall–Kier alpha value is -1.76. The Kier molecular flexibility index (Phi) is 3.29. The van der Waals surface area contributed by atoms with Crippen molar-refractivity contribution in [3.8, 4) is 11.3 Å². The molecule has 0 spiro atoms. The van der Waals surface area contributed by atoms with E-state index in [1.165, 1.54) is 9.64 Å². The molecule has 0 amide bonds. The molecule has 1 aromatic heterocycles. The van der Waals surface area contributed by atoms with Gasteiger partial charge in [-0.2, -0.15) is 0 Å². The molecule has 0 bridgehead atoms. The number of pyridine rings is 1. The minimum absolute atomic E-state index is 1.02. The van der Waals surface area contributed by atoms with Crippen molar-refractivity contribution in [2.75, 3.05) is 0 Å². The van der Waals surface area contributed by atoms with Crippen LogP contribution in [0.1, 0.15) is 5.56 Å². The quantitative estimate of drug-likeness (QED) is 0.614. The number of hydrogen-bond acceptors (Lipinski definition) is 1. The standard InChI is InChI=1S/C17H12N.Ir/c1-2-13-8-10-17-15(12-13)9-11-16(18-17)14-6-4-3-5-7-14;/h2-6,8-12H,1H2;. The van der Waals surface area contributed by atoms with Gasteiger partial charge in [-0.3, -0.25) is 0 Å². The monoisotopic (exact) mass is 423 g/mol. The molecule has 3 aromatic rings. The predicted octanol–water partition coefficient (Wildman–Crippen LogP) is 3.72. The van der Waals surface area contributed by atoms with Gasteiger partial charge in [0.15, 0.2) is 0 Å². The fraction of sp³-hybridized carbons (Fsp3) is 0. The molecule has 1 heterocycles. The molecule has 0 aliphatic rings. The second kappa shape index (κ2) is 5.08. The molecule has 3 rings (SSSR count). The third-order valence-corrected chi connectivity index (χ3v) is 4.12. The Labute approximate surface area is 123 Å². The van der Waals surface area contributed by atoms with Gasteiger partial charge in [0.25, 0.3) is 0 Å². The van der Waals surface area contributed by atoms with Gasteiger partial charge < -0.3 is 0 Å². The van der Waals surface area contributed by atoms with Crippen molar-refractivity contribution in [1.82, 2.24) is 4.98 Å². The van der Waals surface area contributed by atoms with Crippen molar-refractivity contribution in [3.05, 3.63) is 66.7 Å². The van der Waals surface area contributed by atoms with Gasteiger partial charge in [-0.1, -0.05) is 0 Å². The van der Waals surface area contributed by atoms with Gasteiger partial charge in [-0.15, -0.1) is 0 Å². The molecule has 0 aliphatic heterocycles. The number of fused-ring (bicyclic) bond motifs is 1. The summed E-state index contributed by atoms with van der Waals surface area (Å²) in [5.41, 5.74) is 4.36. The summed E-state index contributed by atoms with van der Waals surface area (Å²) >= 11 is 2.11. The summed E-state index contributed by atoms with van der Waals surface area (Å²) in [4.78, 5) is 4.75. The Morgan fingerprint density at radius 2 is 1.84 bits per heavy atom. The zero-order chi connectivity index (χ0) is 13.2. The van der Waals surface area contributed by atoms with Crippen LogP contribution in [0.3, 0.4) is 0 Å². The summed E-state index contributed by atoms with van der Waals surface area (Å²) in [6, 6.07) is 18.7. The van der Waals surface area contributed by atoms with Crippen LogP contribution in [0, 0.1) is 0 Å². The van der Waals surface area contributed by atoms with Crippen LogP contribution in [0.25, 0.3) is 28.2 Å². The van der Waals surface area contributed by atoms with Gasteiger partial charge in [-0.25, -0.2) is 0 Å². The van der Waals surface area contributed by atoms with Crippen molar-refractivity contribution in [2.24, 2.45) is 0 Å². The first kappa shape index (κ1) is 12.3. The van der Waals surface area contributed by atoms with Crippen molar-refractivity contribution < 1.29 is 18.9 Å². The first-order valence-corrected chi connectivity index (χ1v) is 7.23. The zero-order valence-electron chi connectivity index (χ0n) is 10.3. The fourth-order valence-corrected chi connectivity index (χ4v) is 2.81. The molecule has 94 valence electrons. The van der Waals surface area contributed by atoms with Crippen LogP contribution in [0.4, 0.5) is 0 Å².